The van der Waals surface area contributed by atoms with Gasteiger partial charge in [0.1, 0.15) is 6.04 Å². The first-order valence-corrected chi connectivity index (χ1v) is 11.5. The predicted octanol–water partition coefficient (Wildman–Crippen LogP) is 3.76. The number of nitrogens with one attached hydrogen (secondary N) is 1. The summed E-state index contributed by atoms with van der Waals surface area (Å²) in [6.45, 7) is -0.236. The number of carboxylic acids is 1. The van der Waals surface area contributed by atoms with Crippen molar-refractivity contribution in [2.24, 2.45) is 17.8 Å². The van der Waals surface area contributed by atoms with Crippen LogP contribution in [0.5, 0.6) is 0 Å². The first-order chi connectivity index (χ1) is 17.1. The molecule has 3 heterocycles. The summed E-state index contributed by atoms with van der Waals surface area (Å²) in [5, 5.41) is 11.5. The Balaban J connectivity index is 1.64. The van der Waals surface area contributed by atoms with Crippen molar-refractivity contribution in [3.8, 4) is 0 Å². The maximum atomic E-state index is 14.2. The van der Waals surface area contributed by atoms with Crippen LogP contribution in [0, 0.1) is 17.8 Å². The highest BCUT2D eigenvalue weighted by atomic mass is 19.4. The van der Waals surface area contributed by atoms with Crippen molar-refractivity contribution in [1.82, 2.24) is 10.2 Å². The van der Waals surface area contributed by atoms with Crippen LogP contribution < -0.4 is 10.2 Å². The van der Waals surface area contributed by atoms with Gasteiger partial charge in [0.05, 0.1) is 18.8 Å². The predicted molar refractivity (Wildman–Crippen MR) is 111 cm³/mol. The number of ether oxygens (including phenoxy) is 1. The Morgan fingerprint density at radius 1 is 1.00 bits per heavy atom. The van der Waals surface area contributed by atoms with Crippen LogP contribution in [0.15, 0.2) is 18.2 Å². The van der Waals surface area contributed by atoms with E-state index in [9.17, 15) is 49.4 Å². The Hall–Kier alpha value is -2.26. The molecule has 2 N–H and O–H groups in total. The van der Waals surface area contributed by atoms with Crippen LogP contribution in [0.3, 0.4) is 0 Å². The third-order valence-corrected chi connectivity index (χ3v) is 7.24. The molecule has 3 fully saturated rings. The summed E-state index contributed by atoms with van der Waals surface area (Å²) < 4.78 is 128. The SMILES string of the molecule is O=C(O)C1NC(C(C(F)(F)F)C(F)(F)F)C2CN(Cc3cccc(N4CCOCC4)c3C(F)(F)F)CC12. The Morgan fingerprint density at radius 2 is 1.59 bits per heavy atom. The fraction of sp³-hybridized carbons (Fsp3) is 0.682. The summed E-state index contributed by atoms with van der Waals surface area (Å²) >= 11 is 0. The molecule has 0 spiro atoms. The van der Waals surface area contributed by atoms with E-state index in [2.05, 4.69) is 0 Å². The van der Waals surface area contributed by atoms with Gasteiger partial charge in [-0.3, -0.25) is 9.69 Å². The largest absolute Gasteiger partial charge is 0.480 e. The van der Waals surface area contributed by atoms with E-state index in [4.69, 9.17) is 4.74 Å². The van der Waals surface area contributed by atoms with Gasteiger partial charge in [-0.05, 0) is 17.5 Å². The van der Waals surface area contributed by atoms with Gasteiger partial charge in [-0.1, -0.05) is 12.1 Å². The molecule has 0 saturated carbocycles. The molecule has 0 aromatic heterocycles. The fourth-order valence-corrected chi connectivity index (χ4v) is 5.80. The monoisotopic (exact) mass is 549 g/mol. The lowest BCUT2D eigenvalue weighted by atomic mass is 9.84. The number of fused-ring (bicyclic) bond motifs is 1. The molecule has 4 rings (SSSR count). The minimum Gasteiger partial charge on any atom is -0.480 e. The van der Waals surface area contributed by atoms with Crippen LogP contribution in [0.4, 0.5) is 45.2 Å². The molecule has 3 saturated heterocycles. The minimum atomic E-state index is -5.70. The van der Waals surface area contributed by atoms with E-state index in [0.717, 1.165) is 0 Å². The van der Waals surface area contributed by atoms with E-state index < -0.39 is 73.0 Å². The van der Waals surface area contributed by atoms with Gasteiger partial charge < -0.3 is 20.1 Å². The zero-order chi connectivity index (χ0) is 27.3. The number of aliphatic carboxylic acids is 1. The standard InChI is InChI=1S/C22H24F9N3O3/c23-20(24,25)15-11(2-1-3-14(15)34-4-6-37-7-5-34)8-33-9-12-13(10-33)17(19(35)36)32-16(12)18(21(26,27)28)22(29,30)31/h1-3,12-13,16-18,32H,4-10H2,(H,35,36). The average molecular weight is 549 g/mol. The molecule has 208 valence electrons. The first kappa shape index (κ1) is 27.8. The Labute approximate surface area is 205 Å². The normalized spacial score (nSPS) is 27.7. The summed E-state index contributed by atoms with van der Waals surface area (Å²) in [4.78, 5) is 14.5. The van der Waals surface area contributed by atoms with Crippen molar-refractivity contribution in [3.63, 3.8) is 0 Å². The zero-order valence-electron chi connectivity index (χ0n) is 19.1. The lowest BCUT2D eigenvalue weighted by molar-refractivity contribution is -0.293. The molecule has 4 atom stereocenters. The number of nitrogens with zero attached hydrogens (tertiary/aromatic N) is 2. The van der Waals surface area contributed by atoms with Gasteiger partial charge in [0.15, 0.2) is 5.92 Å². The Bertz CT molecular complexity index is 978. The van der Waals surface area contributed by atoms with E-state index in [-0.39, 0.29) is 44.1 Å². The lowest BCUT2D eigenvalue weighted by Crippen LogP contribution is -2.53. The zero-order valence-corrected chi connectivity index (χ0v) is 19.1. The minimum absolute atomic E-state index is 0.0927. The number of morpholine rings is 1. The lowest BCUT2D eigenvalue weighted by Gasteiger charge is -2.33. The number of carbonyl (C=O) groups is 1. The third kappa shape index (κ3) is 5.62. The number of anilines is 1. The van der Waals surface area contributed by atoms with E-state index >= 15 is 0 Å². The number of hydrogen-bond acceptors (Lipinski definition) is 5. The smallest absolute Gasteiger partial charge is 0.418 e. The molecule has 4 unspecified atom stereocenters. The van der Waals surface area contributed by atoms with Gasteiger partial charge in [-0.25, -0.2) is 0 Å². The van der Waals surface area contributed by atoms with Gasteiger partial charge >= 0.3 is 24.5 Å². The molecule has 15 heteroatoms. The van der Waals surface area contributed by atoms with Crippen molar-refractivity contribution in [2.45, 2.75) is 37.2 Å². The van der Waals surface area contributed by atoms with Crippen LogP contribution in [-0.4, -0.2) is 79.8 Å². The highest BCUT2D eigenvalue weighted by Crippen LogP contribution is 2.49. The fourth-order valence-electron chi connectivity index (χ4n) is 5.80. The second kappa shape index (κ2) is 9.80. The number of halogens is 9. The quantitative estimate of drug-likeness (QED) is 0.546. The number of carboxylic acid groups (broad SMARTS) is 1. The Kier molecular flexibility index (Phi) is 7.36. The van der Waals surface area contributed by atoms with E-state index in [0.29, 0.717) is 0 Å². The molecule has 6 nitrogen and oxygen atoms in total. The van der Waals surface area contributed by atoms with Gasteiger partial charge in [0.25, 0.3) is 0 Å². The van der Waals surface area contributed by atoms with Crippen LogP contribution in [-0.2, 0) is 22.3 Å². The van der Waals surface area contributed by atoms with Crippen molar-refractivity contribution in [3.05, 3.63) is 29.3 Å². The molecule has 3 aliphatic heterocycles. The van der Waals surface area contributed by atoms with E-state index in [1.54, 1.807) is 0 Å². The topological polar surface area (TPSA) is 65.0 Å². The van der Waals surface area contributed by atoms with Gasteiger partial charge in [0, 0.05) is 50.4 Å². The van der Waals surface area contributed by atoms with Crippen LogP contribution in [0.2, 0.25) is 0 Å². The molecule has 0 radical (unpaired) electrons. The molecule has 3 aliphatic rings. The number of benzene rings is 1. The van der Waals surface area contributed by atoms with Gasteiger partial charge in [-0.2, -0.15) is 39.5 Å². The molecular weight excluding hydrogens is 525 g/mol. The van der Waals surface area contributed by atoms with Gasteiger partial charge in [-0.15, -0.1) is 0 Å². The molecule has 1 aromatic carbocycles. The molecule has 1 aromatic rings. The molecular formula is C22H24F9N3O3. The van der Waals surface area contributed by atoms with Gasteiger partial charge in [0.2, 0.25) is 0 Å². The molecule has 0 aliphatic carbocycles. The highest BCUT2D eigenvalue weighted by molar-refractivity contribution is 5.74. The summed E-state index contributed by atoms with van der Waals surface area (Å²) in [6.07, 6.45) is -16.2. The summed E-state index contributed by atoms with van der Waals surface area (Å²) in [5.74, 6) is -7.96. The van der Waals surface area contributed by atoms with Crippen molar-refractivity contribution in [1.29, 1.82) is 0 Å². The van der Waals surface area contributed by atoms with Crippen molar-refractivity contribution in [2.75, 3.05) is 44.3 Å². The summed E-state index contributed by atoms with van der Waals surface area (Å²) in [6, 6.07) is -0.0695. The van der Waals surface area contributed by atoms with Crippen LogP contribution in [0.25, 0.3) is 0 Å². The summed E-state index contributed by atoms with van der Waals surface area (Å²) in [7, 11) is 0. The number of alkyl halides is 9. The second-order valence-electron chi connectivity index (χ2n) is 9.50. The second-order valence-corrected chi connectivity index (χ2v) is 9.50. The highest BCUT2D eigenvalue weighted by Gasteiger charge is 2.66. The Morgan fingerprint density at radius 3 is 2.14 bits per heavy atom. The molecule has 0 amide bonds. The maximum Gasteiger partial charge on any atom is 0.418 e. The number of hydrogen-bond donors (Lipinski definition) is 2. The van der Waals surface area contributed by atoms with E-state index in [1.807, 2.05) is 5.32 Å². The maximum absolute atomic E-state index is 14.2. The van der Waals surface area contributed by atoms with Crippen LogP contribution >= 0.6 is 0 Å². The summed E-state index contributed by atoms with van der Waals surface area (Å²) in [5.41, 5.74) is -1.23. The first-order valence-electron chi connectivity index (χ1n) is 11.5. The van der Waals surface area contributed by atoms with E-state index in [1.165, 1.54) is 28.0 Å². The van der Waals surface area contributed by atoms with Crippen LogP contribution in [0.1, 0.15) is 11.1 Å². The number of rotatable bonds is 5. The number of likely N-dealkylation sites (tertiary alicyclic amines) is 1. The third-order valence-electron chi connectivity index (χ3n) is 7.24. The average Bonchev–Trinajstić information content (AvgIpc) is 3.31. The molecule has 37 heavy (non-hydrogen) atoms. The van der Waals surface area contributed by atoms with Crippen molar-refractivity contribution < 1.29 is 54.2 Å². The van der Waals surface area contributed by atoms with Crippen molar-refractivity contribution >= 4 is 11.7 Å². The molecule has 0 bridgehead atoms.